The fourth-order valence-corrected chi connectivity index (χ4v) is 3.09. The van der Waals surface area contributed by atoms with E-state index in [1.165, 1.54) is 0 Å². The highest BCUT2D eigenvalue weighted by Crippen LogP contribution is 2.11. The van der Waals surface area contributed by atoms with Crippen molar-refractivity contribution in [3.63, 3.8) is 0 Å². The molecule has 2 rings (SSSR count). The molecule has 2 aliphatic rings. The second-order valence-corrected chi connectivity index (χ2v) is 6.41. The van der Waals surface area contributed by atoms with Crippen LogP contribution in [-0.2, 0) is 9.53 Å². The summed E-state index contributed by atoms with van der Waals surface area (Å²) in [5.74, 6) is 0.973. The lowest BCUT2D eigenvalue weighted by molar-refractivity contribution is -0.122. The lowest BCUT2D eigenvalue weighted by Gasteiger charge is -2.37. The molecule has 7 nitrogen and oxygen atoms in total. The molecule has 3 N–H and O–H groups in total. The third-order valence-corrected chi connectivity index (χ3v) is 4.45. The fourth-order valence-electron chi connectivity index (χ4n) is 3.09. The summed E-state index contributed by atoms with van der Waals surface area (Å²) in [6, 6.07) is 1.08. The van der Waals surface area contributed by atoms with Crippen LogP contribution < -0.4 is 16.0 Å². The number of nitrogens with one attached hydrogen (secondary N) is 3. The first-order valence-corrected chi connectivity index (χ1v) is 8.75. The number of amides is 1. The monoisotopic (exact) mass is 325 g/mol. The Kier molecular flexibility index (Phi) is 7.11. The van der Waals surface area contributed by atoms with E-state index in [4.69, 9.17) is 9.73 Å². The molecule has 2 saturated heterocycles. The van der Waals surface area contributed by atoms with Crippen LogP contribution in [0.3, 0.4) is 0 Å². The van der Waals surface area contributed by atoms with E-state index in [1.54, 1.807) is 0 Å². The summed E-state index contributed by atoms with van der Waals surface area (Å²) in [5, 5.41) is 9.62. The number of piperidine rings is 1. The first kappa shape index (κ1) is 18.0. The molecule has 0 radical (unpaired) electrons. The van der Waals surface area contributed by atoms with Crippen LogP contribution in [0, 0.1) is 0 Å². The van der Waals surface area contributed by atoms with Crippen molar-refractivity contribution in [2.45, 2.75) is 51.7 Å². The van der Waals surface area contributed by atoms with E-state index >= 15 is 0 Å². The molecular weight excluding hydrogens is 294 g/mol. The van der Waals surface area contributed by atoms with Gasteiger partial charge in [0.05, 0.1) is 19.8 Å². The summed E-state index contributed by atoms with van der Waals surface area (Å²) in [6.45, 7) is 11.3. The maximum Gasteiger partial charge on any atom is 0.220 e. The summed E-state index contributed by atoms with van der Waals surface area (Å²) in [6.07, 6.45) is 1.44. The van der Waals surface area contributed by atoms with Crippen LogP contribution in [-0.4, -0.2) is 74.3 Å². The first-order valence-electron chi connectivity index (χ1n) is 8.75. The largest absolute Gasteiger partial charge is 0.379 e. The van der Waals surface area contributed by atoms with Crippen molar-refractivity contribution in [2.75, 3.05) is 39.4 Å². The molecule has 0 aromatic heterocycles. The van der Waals surface area contributed by atoms with E-state index in [0.717, 1.165) is 45.2 Å². The van der Waals surface area contributed by atoms with E-state index in [9.17, 15) is 4.79 Å². The molecule has 23 heavy (non-hydrogen) atoms. The predicted octanol–water partition coefficient (Wildman–Crippen LogP) is -0.0707. The maximum absolute atomic E-state index is 11.2. The van der Waals surface area contributed by atoms with Gasteiger partial charge in [-0.2, -0.15) is 0 Å². The van der Waals surface area contributed by atoms with Crippen LogP contribution in [0.25, 0.3) is 0 Å². The molecule has 0 bridgehead atoms. The highest BCUT2D eigenvalue weighted by atomic mass is 16.5. The van der Waals surface area contributed by atoms with Crippen molar-refractivity contribution >= 4 is 11.9 Å². The van der Waals surface area contributed by atoms with Crippen molar-refractivity contribution in [1.29, 1.82) is 0 Å². The van der Waals surface area contributed by atoms with Gasteiger partial charge in [-0.3, -0.25) is 14.7 Å². The highest BCUT2D eigenvalue weighted by molar-refractivity contribution is 5.81. The molecule has 3 unspecified atom stereocenters. The van der Waals surface area contributed by atoms with E-state index in [1.807, 2.05) is 0 Å². The Morgan fingerprint density at radius 2 is 2.39 bits per heavy atom. The number of morpholine rings is 1. The zero-order valence-corrected chi connectivity index (χ0v) is 14.6. The molecule has 0 spiro atoms. The van der Waals surface area contributed by atoms with Crippen LogP contribution >= 0.6 is 0 Å². The number of guanidine groups is 1. The highest BCUT2D eigenvalue weighted by Gasteiger charge is 2.24. The normalized spacial score (nSPS) is 28.1. The number of rotatable bonds is 5. The second-order valence-electron chi connectivity index (χ2n) is 6.41. The van der Waals surface area contributed by atoms with Crippen LogP contribution in [0.1, 0.15) is 33.6 Å². The molecule has 132 valence electrons. The van der Waals surface area contributed by atoms with Gasteiger partial charge >= 0.3 is 0 Å². The van der Waals surface area contributed by atoms with Crippen LogP contribution in [0.2, 0.25) is 0 Å². The molecule has 3 atom stereocenters. The summed E-state index contributed by atoms with van der Waals surface area (Å²) >= 11 is 0. The fraction of sp³-hybridized carbons (Fsp3) is 0.875. The van der Waals surface area contributed by atoms with Crippen molar-refractivity contribution in [2.24, 2.45) is 4.99 Å². The number of carbonyl (C=O) groups is 1. The molecular formula is C16H31N5O2. The van der Waals surface area contributed by atoms with E-state index < -0.39 is 0 Å². The van der Waals surface area contributed by atoms with Gasteiger partial charge in [-0.25, -0.2) is 0 Å². The SMILES string of the molecule is CCNC(=NCC(C)N1CCOCC1C)NC1CCC(=O)NC1. The maximum atomic E-state index is 11.2. The lowest BCUT2D eigenvalue weighted by atomic mass is 10.1. The number of hydrogen-bond acceptors (Lipinski definition) is 4. The zero-order valence-electron chi connectivity index (χ0n) is 14.6. The zero-order chi connectivity index (χ0) is 16.7. The van der Waals surface area contributed by atoms with Crippen LogP contribution in [0.4, 0.5) is 0 Å². The number of ether oxygens (including phenoxy) is 1. The van der Waals surface area contributed by atoms with Gasteiger partial charge in [-0.05, 0) is 27.2 Å². The lowest BCUT2D eigenvalue weighted by Crippen LogP contribution is -2.52. The predicted molar refractivity (Wildman–Crippen MR) is 91.6 cm³/mol. The van der Waals surface area contributed by atoms with Gasteiger partial charge in [0.15, 0.2) is 5.96 Å². The Morgan fingerprint density at radius 1 is 1.57 bits per heavy atom. The second kappa shape index (κ2) is 9.08. The Hall–Kier alpha value is -1.34. The number of carbonyl (C=O) groups excluding carboxylic acids is 1. The molecule has 1 amide bonds. The van der Waals surface area contributed by atoms with Crippen molar-refractivity contribution < 1.29 is 9.53 Å². The summed E-state index contributed by atoms with van der Waals surface area (Å²) < 4.78 is 5.50. The molecule has 2 aliphatic heterocycles. The van der Waals surface area contributed by atoms with Gasteiger partial charge in [-0.1, -0.05) is 0 Å². The Labute approximate surface area is 139 Å². The number of hydrogen-bond donors (Lipinski definition) is 3. The minimum absolute atomic E-state index is 0.139. The molecule has 0 aliphatic carbocycles. The molecule has 0 saturated carbocycles. The number of nitrogens with zero attached hydrogens (tertiary/aromatic N) is 2. The first-order chi connectivity index (χ1) is 11.1. The minimum Gasteiger partial charge on any atom is -0.379 e. The molecule has 2 heterocycles. The Morgan fingerprint density at radius 3 is 3.04 bits per heavy atom. The van der Waals surface area contributed by atoms with E-state index in [-0.39, 0.29) is 11.9 Å². The van der Waals surface area contributed by atoms with Gasteiger partial charge in [-0.15, -0.1) is 0 Å². The van der Waals surface area contributed by atoms with Crippen LogP contribution in [0.15, 0.2) is 4.99 Å². The smallest absolute Gasteiger partial charge is 0.220 e. The third-order valence-electron chi connectivity index (χ3n) is 4.45. The van der Waals surface area contributed by atoms with Crippen molar-refractivity contribution in [3.05, 3.63) is 0 Å². The Balaban J connectivity index is 1.85. The van der Waals surface area contributed by atoms with Gasteiger partial charge in [0.25, 0.3) is 0 Å². The molecule has 2 fully saturated rings. The van der Waals surface area contributed by atoms with Crippen LogP contribution in [0.5, 0.6) is 0 Å². The van der Waals surface area contributed by atoms with Gasteiger partial charge in [0.2, 0.25) is 5.91 Å². The minimum atomic E-state index is 0.139. The van der Waals surface area contributed by atoms with E-state index in [2.05, 4.69) is 41.6 Å². The standard InChI is InChI=1S/C16H31N5O2/c1-4-17-16(20-14-5-6-15(22)18-10-14)19-9-12(2)21-7-8-23-11-13(21)3/h12-14H,4-11H2,1-3H3,(H,18,22)(H2,17,19,20). The summed E-state index contributed by atoms with van der Waals surface area (Å²) in [4.78, 5) is 18.4. The van der Waals surface area contributed by atoms with Crippen molar-refractivity contribution in [1.82, 2.24) is 20.9 Å². The van der Waals surface area contributed by atoms with Gasteiger partial charge in [0, 0.05) is 44.2 Å². The molecule has 0 aromatic carbocycles. The average Bonchev–Trinajstić information content (AvgIpc) is 2.55. The summed E-state index contributed by atoms with van der Waals surface area (Å²) in [7, 11) is 0. The van der Waals surface area contributed by atoms with Gasteiger partial charge < -0.3 is 20.7 Å². The number of aliphatic imine (C=N–C) groups is 1. The summed E-state index contributed by atoms with van der Waals surface area (Å²) in [5.41, 5.74) is 0. The quantitative estimate of drug-likeness (QED) is 0.487. The molecule has 0 aromatic rings. The molecule has 7 heteroatoms. The third kappa shape index (κ3) is 5.66. The average molecular weight is 325 g/mol. The Bertz CT molecular complexity index is 405. The van der Waals surface area contributed by atoms with Gasteiger partial charge in [0.1, 0.15) is 0 Å². The van der Waals surface area contributed by atoms with E-state index in [0.29, 0.717) is 25.0 Å². The van der Waals surface area contributed by atoms with Crippen molar-refractivity contribution in [3.8, 4) is 0 Å². The topological polar surface area (TPSA) is 78.0 Å².